The summed E-state index contributed by atoms with van der Waals surface area (Å²) >= 11 is 1.55. The molecule has 0 saturated heterocycles. The van der Waals surface area contributed by atoms with Gasteiger partial charge in [-0.2, -0.15) is 0 Å². The predicted molar refractivity (Wildman–Crippen MR) is 147 cm³/mol. The van der Waals surface area contributed by atoms with Gasteiger partial charge < -0.3 is 33.9 Å². The van der Waals surface area contributed by atoms with Crippen LogP contribution >= 0.6 is 11.8 Å². The van der Waals surface area contributed by atoms with E-state index in [0.717, 1.165) is 59.3 Å². The lowest BCUT2D eigenvalue weighted by Gasteiger charge is -2.32. The van der Waals surface area contributed by atoms with Crippen molar-refractivity contribution >= 4 is 23.4 Å². The van der Waals surface area contributed by atoms with Crippen LogP contribution in [0.4, 0.5) is 5.69 Å². The third-order valence-corrected chi connectivity index (χ3v) is 7.68. The molecular formula is C29H32N2O6S. The Kier molecular flexibility index (Phi) is 8.45. The van der Waals surface area contributed by atoms with Crippen molar-refractivity contribution < 1.29 is 28.5 Å². The zero-order valence-electron chi connectivity index (χ0n) is 21.6. The molecule has 200 valence electrons. The highest BCUT2D eigenvalue weighted by Crippen LogP contribution is 2.48. The van der Waals surface area contributed by atoms with Gasteiger partial charge in [-0.3, -0.25) is 4.79 Å². The molecule has 0 saturated carbocycles. The van der Waals surface area contributed by atoms with Crippen LogP contribution in [-0.2, 0) is 4.79 Å². The third kappa shape index (κ3) is 5.95. The highest BCUT2D eigenvalue weighted by molar-refractivity contribution is 8.00. The van der Waals surface area contributed by atoms with E-state index in [0.29, 0.717) is 24.7 Å². The van der Waals surface area contributed by atoms with Gasteiger partial charge in [0.15, 0.2) is 11.5 Å². The molecule has 0 aromatic heterocycles. The van der Waals surface area contributed by atoms with Gasteiger partial charge in [0.1, 0.15) is 22.5 Å². The Labute approximate surface area is 227 Å². The lowest BCUT2D eigenvalue weighted by Crippen LogP contribution is -2.33. The fourth-order valence-electron chi connectivity index (χ4n) is 4.35. The van der Waals surface area contributed by atoms with Gasteiger partial charge in [-0.1, -0.05) is 12.1 Å². The number of hydrogen-bond donors (Lipinski definition) is 1. The normalized spacial score (nSPS) is 15.8. The lowest BCUT2D eigenvalue weighted by molar-refractivity contribution is -0.118. The maximum atomic E-state index is 13.3. The Hall–Kier alpha value is -3.56. The molecule has 0 bridgehead atoms. The SMILES string of the molecule is COc1ccc(OCCCNCCCOc2ccc3c(c2)OCO3)c(C2Sc3ccccc3N(C)C2=O)c1. The summed E-state index contributed by atoms with van der Waals surface area (Å²) in [6.07, 6.45) is 1.72. The summed E-state index contributed by atoms with van der Waals surface area (Å²) in [6, 6.07) is 19.2. The number of rotatable bonds is 12. The molecule has 1 amide bonds. The highest BCUT2D eigenvalue weighted by atomic mass is 32.2. The van der Waals surface area contributed by atoms with Crippen molar-refractivity contribution in [1.29, 1.82) is 0 Å². The minimum absolute atomic E-state index is 0.0245. The number of benzene rings is 3. The molecule has 2 heterocycles. The van der Waals surface area contributed by atoms with Gasteiger partial charge >= 0.3 is 0 Å². The molecule has 0 aliphatic carbocycles. The summed E-state index contributed by atoms with van der Waals surface area (Å²) in [4.78, 5) is 16.1. The number of ether oxygens (including phenoxy) is 5. The van der Waals surface area contributed by atoms with E-state index in [-0.39, 0.29) is 12.7 Å². The first-order valence-corrected chi connectivity index (χ1v) is 13.6. The molecule has 9 heteroatoms. The van der Waals surface area contributed by atoms with Crippen molar-refractivity contribution in [1.82, 2.24) is 5.32 Å². The fourth-order valence-corrected chi connectivity index (χ4v) is 5.66. The number of likely N-dealkylation sites (N-methyl/N-ethyl adjacent to an activating group) is 1. The molecule has 0 fully saturated rings. The Morgan fingerprint density at radius 3 is 2.55 bits per heavy atom. The Balaban J connectivity index is 1.08. The summed E-state index contributed by atoms with van der Waals surface area (Å²) in [5, 5.41) is 3.03. The maximum Gasteiger partial charge on any atom is 0.244 e. The van der Waals surface area contributed by atoms with Gasteiger partial charge in [-0.15, -0.1) is 11.8 Å². The number of methoxy groups -OCH3 is 1. The van der Waals surface area contributed by atoms with E-state index in [4.69, 9.17) is 23.7 Å². The number of carbonyl (C=O) groups is 1. The third-order valence-electron chi connectivity index (χ3n) is 6.39. The molecule has 0 radical (unpaired) electrons. The van der Waals surface area contributed by atoms with E-state index in [1.165, 1.54) is 0 Å². The molecule has 3 aromatic rings. The van der Waals surface area contributed by atoms with Crippen LogP contribution in [0.3, 0.4) is 0 Å². The second kappa shape index (κ2) is 12.3. The van der Waals surface area contributed by atoms with E-state index in [9.17, 15) is 4.79 Å². The van der Waals surface area contributed by atoms with Gasteiger partial charge in [0, 0.05) is 23.6 Å². The Morgan fingerprint density at radius 1 is 0.947 bits per heavy atom. The molecule has 8 nitrogen and oxygen atoms in total. The quantitative estimate of drug-likeness (QED) is 0.322. The fraction of sp³-hybridized carbons (Fsp3) is 0.345. The van der Waals surface area contributed by atoms with E-state index in [1.807, 2.05) is 67.7 Å². The number of amides is 1. The summed E-state index contributed by atoms with van der Waals surface area (Å²) in [5.41, 5.74) is 1.76. The summed E-state index contributed by atoms with van der Waals surface area (Å²) < 4.78 is 28.1. The first-order chi connectivity index (χ1) is 18.6. The second-order valence-electron chi connectivity index (χ2n) is 8.94. The van der Waals surface area contributed by atoms with Gasteiger partial charge in [-0.05, 0) is 68.4 Å². The molecule has 1 unspecified atom stereocenters. The average molecular weight is 537 g/mol. The van der Waals surface area contributed by atoms with Crippen molar-refractivity contribution in [3.05, 3.63) is 66.2 Å². The van der Waals surface area contributed by atoms with Crippen molar-refractivity contribution in [2.75, 3.05) is 52.2 Å². The number of anilines is 1. The number of carbonyl (C=O) groups excluding carboxylic acids is 1. The largest absolute Gasteiger partial charge is 0.497 e. The van der Waals surface area contributed by atoms with Gasteiger partial charge in [0.25, 0.3) is 0 Å². The van der Waals surface area contributed by atoms with Crippen molar-refractivity contribution in [3.63, 3.8) is 0 Å². The molecule has 38 heavy (non-hydrogen) atoms. The minimum Gasteiger partial charge on any atom is -0.497 e. The Bertz CT molecular complexity index is 1270. The molecule has 0 spiro atoms. The summed E-state index contributed by atoms with van der Waals surface area (Å²) in [6.45, 7) is 3.08. The van der Waals surface area contributed by atoms with Crippen molar-refractivity contribution in [2.45, 2.75) is 23.0 Å². The Morgan fingerprint density at radius 2 is 1.71 bits per heavy atom. The summed E-state index contributed by atoms with van der Waals surface area (Å²) in [5.74, 6) is 3.70. The van der Waals surface area contributed by atoms with Crippen molar-refractivity contribution in [2.24, 2.45) is 0 Å². The zero-order chi connectivity index (χ0) is 26.3. The van der Waals surface area contributed by atoms with Crippen LogP contribution in [-0.4, -0.2) is 53.2 Å². The van der Waals surface area contributed by atoms with E-state index < -0.39 is 5.25 Å². The number of fused-ring (bicyclic) bond motifs is 2. The standard InChI is InChI=1S/C29H32N2O6S/c1-31-23-7-3-4-8-27(23)38-28(29(31)32)22-17-20(33-2)9-11-24(22)35-16-6-14-30-13-5-15-34-21-10-12-25-26(18-21)37-19-36-25/h3-4,7-12,17-18,28,30H,5-6,13-16,19H2,1-2H3. The zero-order valence-corrected chi connectivity index (χ0v) is 22.4. The van der Waals surface area contributed by atoms with E-state index in [2.05, 4.69) is 5.32 Å². The predicted octanol–water partition coefficient (Wildman–Crippen LogP) is 5.06. The van der Waals surface area contributed by atoms with Crippen LogP contribution in [0.1, 0.15) is 23.7 Å². The highest BCUT2D eigenvalue weighted by Gasteiger charge is 2.34. The number of nitrogens with zero attached hydrogens (tertiary/aromatic N) is 1. The average Bonchev–Trinajstić information content (AvgIpc) is 3.42. The van der Waals surface area contributed by atoms with Crippen LogP contribution in [0.15, 0.2) is 65.6 Å². The molecule has 2 aliphatic heterocycles. The van der Waals surface area contributed by atoms with Gasteiger partial charge in [-0.25, -0.2) is 0 Å². The van der Waals surface area contributed by atoms with E-state index >= 15 is 0 Å². The second-order valence-corrected chi connectivity index (χ2v) is 10.1. The van der Waals surface area contributed by atoms with Crippen LogP contribution in [0.5, 0.6) is 28.7 Å². The van der Waals surface area contributed by atoms with Crippen LogP contribution in [0.2, 0.25) is 0 Å². The smallest absolute Gasteiger partial charge is 0.244 e. The summed E-state index contributed by atoms with van der Waals surface area (Å²) in [7, 11) is 3.45. The molecule has 1 N–H and O–H groups in total. The lowest BCUT2D eigenvalue weighted by atomic mass is 10.1. The van der Waals surface area contributed by atoms with Crippen molar-refractivity contribution in [3.8, 4) is 28.7 Å². The molecule has 2 aliphatic rings. The van der Waals surface area contributed by atoms with E-state index in [1.54, 1.807) is 23.8 Å². The maximum absolute atomic E-state index is 13.3. The first-order valence-electron chi connectivity index (χ1n) is 12.7. The molecular weight excluding hydrogens is 504 g/mol. The number of para-hydroxylation sites is 1. The topological polar surface area (TPSA) is 78.5 Å². The first kappa shape index (κ1) is 26.1. The number of thioether (sulfide) groups is 1. The molecule has 5 rings (SSSR count). The number of nitrogens with one attached hydrogen (secondary N) is 1. The van der Waals surface area contributed by atoms with Crippen LogP contribution in [0.25, 0.3) is 0 Å². The van der Waals surface area contributed by atoms with Crippen LogP contribution in [0, 0.1) is 0 Å². The minimum atomic E-state index is -0.400. The van der Waals surface area contributed by atoms with Gasteiger partial charge in [0.2, 0.25) is 12.7 Å². The van der Waals surface area contributed by atoms with Crippen LogP contribution < -0.4 is 33.9 Å². The monoisotopic (exact) mass is 536 g/mol. The molecule has 1 atom stereocenters. The number of hydrogen-bond acceptors (Lipinski definition) is 8. The van der Waals surface area contributed by atoms with Gasteiger partial charge in [0.05, 0.1) is 26.0 Å². The molecule has 3 aromatic carbocycles.